The molecule has 6 nitrogen and oxygen atoms in total. The summed E-state index contributed by atoms with van der Waals surface area (Å²) in [5.41, 5.74) is 1.21. The molecule has 0 aliphatic heterocycles. The van der Waals surface area contributed by atoms with Gasteiger partial charge in [-0.1, -0.05) is 0 Å². The van der Waals surface area contributed by atoms with Crippen LogP contribution in [0.25, 0.3) is 16.7 Å². The Morgan fingerprint density at radius 2 is 2.05 bits per heavy atom. The van der Waals surface area contributed by atoms with Crippen molar-refractivity contribution in [3.05, 3.63) is 36.0 Å². The number of hydrogen-bond acceptors (Lipinski definition) is 4. The van der Waals surface area contributed by atoms with Gasteiger partial charge in [-0.25, -0.2) is 4.79 Å². The van der Waals surface area contributed by atoms with Crippen LogP contribution in [0.1, 0.15) is 12.5 Å². The molecule has 2 N–H and O–H groups in total. The number of aliphatic hydroxyl groups is 1. The van der Waals surface area contributed by atoms with Crippen molar-refractivity contribution in [2.24, 2.45) is 7.05 Å². The lowest BCUT2D eigenvalue weighted by atomic mass is 10.1. The van der Waals surface area contributed by atoms with E-state index in [4.69, 9.17) is 9.84 Å². The number of rotatable bonds is 5. The van der Waals surface area contributed by atoms with Crippen LogP contribution in [0.2, 0.25) is 0 Å². The average molecular weight is 289 g/mol. The van der Waals surface area contributed by atoms with E-state index in [1.165, 1.54) is 0 Å². The van der Waals surface area contributed by atoms with Gasteiger partial charge in [0, 0.05) is 35.8 Å². The predicted octanol–water partition coefficient (Wildman–Crippen LogP) is 2.13. The third-order valence-corrected chi connectivity index (χ3v) is 3.03. The summed E-state index contributed by atoms with van der Waals surface area (Å²) in [5, 5.41) is 19.3. The summed E-state index contributed by atoms with van der Waals surface area (Å²) in [5.74, 6) is -2.54. The molecule has 21 heavy (non-hydrogen) atoms. The molecule has 0 bridgehead atoms. The number of aliphatic hydroxyl groups excluding tert-OH is 1. The number of aromatic nitrogens is 1. The summed E-state index contributed by atoms with van der Waals surface area (Å²) < 4.78 is 7.18. The quantitative estimate of drug-likeness (QED) is 0.500. The number of carbonyl (C=O) groups is 2. The predicted molar refractivity (Wildman–Crippen MR) is 77.3 cm³/mol. The lowest BCUT2D eigenvalue weighted by Gasteiger charge is -2.04. The maximum Gasteiger partial charge on any atom is 0.376 e. The summed E-state index contributed by atoms with van der Waals surface area (Å²) >= 11 is 0. The van der Waals surface area contributed by atoms with Gasteiger partial charge in [0.05, 0.1) is 6.61 Å². The van der Waals surface area contributed by atoms with Crippen LogP contribution in [-0.2, 0) is 16.6 Å². The number of carboxylic acids is 1. The second-order valence-electron chi connectivity index (χ2n) is 4.46. The molecular formula is C15H15NO5. The topological polar surface area (TPSA) is 88.8 Å². The van der Waals surface area contributed by atoms with Crippen molar-refractivity contribution >= 4 is 28.4 Å². The second kappa shape index (κ2) is 5.70. The van der Waals surface area contributed by atoms with Crippen LogP contribution in [0.4, 0.5) is 0 Å². The minimum absolute atomic E-state index is 0.378. The van der Waals surface area contributed by atoms with E-state index in [0.717, 1.165) is 5.52 Å². The number of ether oxygens (including phenoxy) is 1. The number of ketones is 1. The molecule has 6 heteroatoms. The number of carbonyl (C=O) groups excluding carboxylic acids is 1. The Bertz CT molecular complexity index is 742. The molecule has 0 aliphatic carbocycles. The SMILES string of the molecule is CCOc1ccc2c(c1)c(C(O)=CC(=O)C(=O)O)cn2C. The van der Waals surface area contributed by atoms with Gasteiger partial charge < -0.3 is 19.5 Å². The molecule has 0 saturated carbocycles. The average Bonchev–Trinajstić information content (AvgIpc) is 2.76. The van der Waals surface area contributed by atoms with Crippen molar-refractivity contribution in [3.8, 4) is 5.75 Å². The van der Waals surface area contributed by atoms with Crippen LogP contribution in [-0.4, -0.2) is 33.1 Å². The minimum Gasteiger partial charge on any atom is -0.507 e. The fourth-order valence-corrected chi connectivity index (χ4v) is 2.10. The van der Waals surface area contributed by atoms with E-state index in [-0.39, 0.29) is 5.76 Å². The molecule has 1 aromatic carbocycles. The number of aliphatic carboxylic acids is 1. The largest absolute Gasteiger partial charge is 0.507 e. The highest BCUT2D eigenvalue weighted by atomic mass is 16.5. The number of benzene rings is 1. The molecule has 110 valence electrons. The van der Waals surface area contributed by atoms with Crippen molar-refractivity contribution in [1.82, 2.24) is 4.57 Å². The minimum atomic E-state index is -1.61. The van der Waals surface area contributed by atoms with Crippen LogP contribution in [0, 0.1) is 0 Å². The molecule has 0 atom stereocenters. The van der Waals surface area contributed by atoms with Crippen molar-refractivity contribution in [2.75, 3.05) is 6.61 Å². The van der Waals surface area contributed by atoms with E-state index in [1.807, 2.05) is 13.0 Å². The molecule has 0 spiro atoms. The molecule has 2 aromatic rings. The number of nitrogens with zero attached hydrogens (tertiary/aromatic N) is 1. The van der Waals surface area contributed by atoms with E-state index >= 15 is 0 Å². The van der Waals surface area contributed by atoms with Crippen LogP contribution >= 0.6 is 0 Å². The summed E-state index contributed by atoms with van der Waals surface area (Å²) in [6, 6.07) is 5.37. The fourth-order valence-electron chi connectivity index (χ4n) is 2.10. The van der Waals surface area contributed by atoms with E-state index in [1.54, 1.807) is 29.9 Å². The highest BCUT2D eigenvalue weighted by Gasteiger charge is 2.15. The van der Waals surface area contributed by atoms with Crippen molar-refractivity contribution in [2.45, 2.75) is 6.92 Å². The maximum absolute atomic E-state index is 11.2. The van der Waals surface area contributed by atoms with E-state index in [9.17, 15) is 14.7 Å². The van der Waals surface area contributed by atoms with Crippen molar-refractivity contribution in [1.29, 1.82) is 0 Å². The van der Waals surface area contributed by atoms with Crippen LogP contribution in [0.5, 0.6) is 5.75 Å². The smallest absolute Gasteiger partial charge is 0.376 e. The van der Waals surface area contributed by atoms with Gasteiger partial charge in [-0.2, -0.15) is 0 Å². The van der Waals surface area contributed by atoms with Crippen molar-refractivity contribution < 1.29 is 24.5 Å². The van der Waals surface area contributed by atoms with Crippen LogP contribution < -0.4 is 4.74 Å². The van der Waals surface area contributed by atoms with Gasteiger partial charge in [-0.15, -0.1) is 0 Å². The number of fused-ring (bicyclic) bond motifs is 1. The lowest BCUT2D eigenvalue weighted by molar-refractivity contribution is -0.146. The molecule has 0 fully saturated rings. The summed E-state index contributed by atoms with van der Waals surface area (Å²) in [7, 11) is 1.79. The molecular weight excluding hydrogens is 274 g/mol. The lowest BCUT2D eigenvalue weighted by Crippen LogP contribution is -2.09. The zero-order valence-corrected chi connectivity index (χ0v) is 11.7. The number of hydrogen-bond donors (Lipinski definition) is 2. The van der Waals surface area contributed by atoms with Crippen LogP contribution in [0.3, 0.4) is 0 Å². The second-order valence-corrected chi connectivity index (χ2v) is 4.46. The van der Waals surface area contributed by atoms with Crippen LogP contribution in [0.15, 0.2) is 30.5 Å². The first-order valence-corrected chi connectivity index (χ1v) is 6.34. The summed E-state index contributed by atoms with van der Waals surface area (Å²) in [4.78, 5) is 21.7. The summed E-state index contributed by atoms with van der Waals surface area (Å²) in [6.07, 6.45) is 2.33. The van der Waals surface area contributed by atoms with Gasteiger partial charge in [-0.05, 0) is 25.1 Å². The Morgan fingerprint density at radius 3 is 2.67 bits per heavy atom. The molecule has 0 unspecified atom stereocenters. The molecule has 1 heterocycles. The van der Waals surface area contributed by atoms with Gasteiger partial charge in [-0.3, -0.25) is 4.79 Å². The first-order valence-electron chi connectivity index (χ1n) is 6.34. The van der Waals surface area contributed by atoms with Gasteiger partial charge in [0.25, 0.3) is 5.78 Å². The van der Waals surface area contributed by atoms with E-state index in [0.29, 0.717) is 29.4 Å². The molecule has 2 rings (SSSR count). The third kappa shape index (κ3) is 2.89. The molecule has 0 radical (unpaired) electrons. The molecule has 0 aliphatic rings. The Hall–Kier alpha value is -2.76. The molecule has 1 aromatic heterocycles. The molecule has 0 saturated heterocycles. The van der Waals surface area contributed by atoms with Crippen molar-refractivity contribution in [3.63, 3.8) is 0 Å². The highest BCUT2D eigenvalue weighted by molar-refractivity contribution is 6.38. The Morgan fingerprint density at radius 1 is 1.33 bits per heavy atom. The Kier molecular flexibility index (Phi) is 3.98. The highest BCUT2D eigenvalue weighted by Crippen LogP contribution is 2.29. The van der Waals surface area contributed by atoms with E-state index < -0.39 is 11.8 Å². The Labute approximate surface area is 120 Å². The third-order valence-electron chi connectivity index (χ3n) is 3.03. The number of carboxylic acid groups (broad SMARTS) is 1. The first kappa shape index (κ1) is 14.6. The molecule has 0 amide bonds. The van der Waals surface area contributed by atoms with Gasteiger partial charge in [0.2, 0.25) is 0 Å². The summed E-state index contributed by atoms with van der Waals surface area (Å²) in [6.45, 7) is 2.37. The monoisotopic (exact) mass is 289 g/mol. The van der Waals surface area contributed by atoms with Gasteiger partial charge in [0.15, 0.2) is 0 Å². The first-order chi connectivity index (χ1) is 9.93. The van der Waals surface area contributed by atoms with E-state index in [2.05, 4.69) is 0 Å². The normalized spacial score (nSPS) is 11.6. The fraction of sp³-hybridized carbons (Fsp3) is 0.200. The van der Waals surface area contributed by atoms with Gasteiger partial charge >= 0.3 is 5.97 Å². The zero-order chi connectivity index (χ0) is 15.6. The van der Waals surface area contributed by atoms with Gasteiger partial charge in [0.1, 0.15) is 11.5 Å². The maximum atomic E-state index is 11.2. The zero-order valence-electron chi connectivity index (χ0n) is 11.7. The Balaban J connectivity index is 2.55. The standard InChI is InChI=1S/C15H15NO5/c1-3-21-9-4-5-12-10(6-9)11(8-16(12)2)13(17)7-14(18)15(19)20/h4-8,17H,3H2,1-2H3,(H,19,20). The number of aryl methyl sites for hydroxylation is 1.